The van der Waals surface area contributed by atoms with Crippen molar-refractivity contribution in [3.63, 3.8) is 0 Å². The van der Waals surface area contributed by atoms with Crippen molar-refractivity contribution in [2.24, 2.45) is 0 Å². The highest BCUT2D eigenvalue weighted by molar-refractivity contribution is 6.33. The van der Waals surface area contributed by atoms with E-state index in [-0.39, 0.29) is 11.1 Å². The molecule has 0 aliphatic carbocycles. The second-order valence-corrected chi connectivity index (χ2v) is 5.77. The first-order valence-electron chi connectivity index (χ1n) is 7.59. The van der Waals surface area contributed by atoms with Gasteiger partial charge >= 0.3 is 0 Å². The quantitative estimate of drug-likeness (QED) is 0.533. The Balaban J connectivity index is 1.90. The summed E-state index contributed by atoms with van der Waals surface area (Å²) in [5, 5.41) is 4.50. The molecule has 0 aliphatic heterocycles. The standard InChI is InChI=1S/C19H13ClN2O3/c1-24-13-7-3-9-15-17(13)16-11(5-2-8-14(16)25-15)19(23)22-12-6-4-10-21-18(12)20/h2-10H,1H3,(H,22,23). The van der Waals surface area contributed by atoms with Crippen LogP contribution in [0, 0.1) is 0 Å². The minimum absolute atomic E-state index is 0.234. The van der Waals surface area contributed by atoms with E-state index in [1.165, 1.54) is 0 Å². The lowest BCUT2D eigenvalue weighted by atomic mass is 10.0. The number of rotatable bonds is 3. The van der Waals surface area contributed by atoms with Crippen LogP contribution in [0.5, 0.6) is 5.75 Å². The van der Waals surface area contributed by atoms with Crippen LogP contribution in [-0.2, 0) is 0 Å². The third-order valence-electron chi connectivity index (χ3n) is 3.96. The van der Waals surface area contributed by atoms with Gasteiger partial charge in [0, 0.05) is 11.6 Å². The highest BCUT2D eigenvalue weighted by Gasteiger charge is 2.19. The second kappa shape index (κ2) is 6.11. The van der Waals surface area contributed by atoms with Gasteiger partial charge in [0.25, 0.3) is 5.91 Å². The molecule has 1 N–H and O–H groups in total. The number of methoxy groups -OCH3 is 1. The lowest BCUT2D eigenvalue weighted by Crippen LogP contribution is -2.12. The van der Waals surface area contributed by atoms with E-state index < -0.39 is 0 Å². The number of benzene rings is 2. The Bertz CT molecular complexity index is 1100. The molecule has 2 heterocycles. The second-order valence-electron chi connectivity index (χ2n) is 5.41. The third kappa shape index (κ3) is 2.58. The predicted molar refractivity (Wildman–Crippen MR) is 97.5 cm³/mol. The molecular weight excluding hydrogens is 340 g/mol. The van der Waals surface area contributed by atoms with E-state index >= 15 is 0 Å². The Labute approximate surface area is 148 Å². The normalized spacial score (nSPS) is 11.0. The summed E-state index contributed by atoms with van der Waals surface area (Å²) in [4.78, 5) is 16.8. The number of aromatic nitrogens is 1. The van der Waals surface area contributed by atoms with Gasteiger partial charge in [0.2, 0.25) is 0 Å². The number of ether oxygens (including phenoxy) is 1. The number of fused-ring (bicyclic) bond motifs is 3. The number of anilines is 1. The zero-order valence-corrected chi connectivity index (χ0v) is 14.0. The zero-order valence-electron chi connectivity index (χ0n) is 13.2. The average molecular weight is 353 g/mol. The maximum absolute atomic E-state index is 12.8. The minimum atomic E-state index is -0.297. The smallest absolute Gasteiger partial charge is 0.256 e. The fourth-order valence-electron chi connectivity index (χ4n) is 2.86. The summed E-state index contributed by atoms with van der Waals surface area (Å²) in [6, 6.07) is 14.3. The summed E-state index contributed by atoms with van der Waals surface area (Å²) in [6.45, 7) is 0. The van der Waals surface area contributed by atoms with Crippen LogP contribution in [0.25, 0.3) is 21.9 Å². The minimum Gasteiger partial charge on any atom is -0.496 e. The molecule has 0 bridgehead atoms. The van der Waals surface area contributed by atoms with Crippen molar-refractivity contribution in [3.8, 4) is 5.75 Å². The highest BCUT2D eigenvalue weighted by atomic mass is 35.5. The maximum Gasteiger partial charge on any atom is 0.256 e. The summed E-state index contributed by atoms with van der Waals surface area (Å²) in [5.41, 5.74) is 2.20. The van der Waals surface area contributed by atoms with Crippen LogP contribution in [-0.4, -0.2) is 18.0 Å². The molecule has 4 rings (SSSR count). The third-order valence-corrected chi connectivity index (χ3v) is 4.26. The van der Waals surface area contributed by atoms with E-state index in [0.29, 0.717) is 33.6 Å². The molecule has 0 saturated carbocycles. The molecule has 0 aliphatic rings. The van der Waals surface area contributed by atoms with Gasteiger partial charge in [0.1, 0.15) is 16.9 Å². The number of amides is 1. The molecular formula is C19H13ClN2O3. The van der Waals surface area contributed by atoms with Gasteiger partial charge in [-0.05, 0) is 36.4 Å². The van der Waals surface area contributed by atoms with Gasteiger partial charge in [-0.3, -0.25) is 4.79 Å². The Hall–Kier alpha value is -3.05. The van der Waals surface area contributed by atoms with E-state index in [1.807, 2.05) is 24.3 Å². The number of nitrogens with zero attached hydrogens (tertiary/aromatic N) is 1. The molecule has 25 heavy (non-hydrogen) atoms. The van der Waals surface area contributed by atoms with Crippen LogP contribution >= 0.6 is 11.6 Å². The van der Waals surface area contributed by atoms with Gasteiger partial charge in [-0.2, -0.15) is 0 Å². The van der Waals surface area contributed by atoms with Crippen molar-refractivity contribution in [1.29, 1.82) is 0 Å². The fourth-order valence-corrected chi connectivity index (χ4v) is 3.03. The van der Waals surface area contributed by atoms with Crippen molar-refractivity contribution in [2.75, 3.05) is 12.4 Å². The van der Waals surface area contributed by atoms with Crippen molar-refractivity contribution in [2.45, 2.75) is 0 Å². The van der Waals surface area contributed by atoms with Crippen molar-refractivity contribution < 1.29 is 13.9 Å². The SMILES string of the molecule is COc1cccc2oc3cccc(C(=O)Nc4cccnc4Cl)c3c12. The Morgan fingerprint density at radius 2 is 1.84 bits per heavy atom. The molecule has 0 saturated heterocycles. The predicted octanol–water partition coefficient (Wildman–Crippen LogP) is 4.90. The number of carbonyl (C=O) groups is 1. The summed E-state index contributed by atoms with van der Waals surface area (Å²) >= 11 is 6.03. The number of hydrogen-bond acceptors (Lipinski definition) is 4. The number of halogens is 1. The summed E-state index contributed by atoms with van der Waals surface area (Å²) in [6.07, 6.45) is 1.56. The van der Waals surface area contributed by atoms with Crippen LogP contribution in [0.15, 0.2) is 59.1 Å². The summed E-state index contributed by atoms with van der Waals surface area (Å²) < 4.78 is 11.3. The number of hydrogen-bond donors (Lipinski definition) is 1. The first-order valence-corrected chi connectivity index (χ1v) is 7.97. The zero-order chi connectivity index (χ0) is 17.4. The molecule has 1 amide bonds. The highest BCUT2D eigenvalue weighted by Crippen LogP contribution is 2.37. The van der Waals surface area contributed by atoms with Gasteiger partial charge in [-0.25, -0.2) is 4.98 Å². The summed E-state index contributed by atoms with van der Waals surface area (Å²) in [5.74, 6) is 0.352. The lowest BCUT2D eigenvalue weighted by Gasteiger charge is -2.08. The molecule has 0 unspecified atom stereocenters. The van der Waals surface area contributed by atoms with E-state index in [9.17, 15) is 4.79 Å². The van der Waals surface area contributed by atoms with Crippen LogP contribution in [0.4, 0.5) is 5.69 Å². The number of nitrogens with one attached hydrogen (secondary N) is 1. The van der Waals surface area contributed by atoms with Gasteiger partial charge < -0.3 is 14.5 Å². The molecule has 6 heteroatoms. The number of furan rings is 1. The Morgan fingerprint density at radius 1 is 1.08 bits per heavy atom. The monoisotopic (exact) mass is 352 g/mol. The number of carbonyl (C=O) groups excluding carboxylic acids is 1. The number of pyridine rings is 1. The Morgan fingerprint density at radius 3 is 2.60 bits per heavy atom. The molecule has 4 aromatic rings. The Kier molecular flexibility index (Phi) is 3.78. The molecule has 0 atom stereocenters. The largest absolute Gasteiger partial charge is 0.496 e. The van der Waals surface area contributed by atoms with Gasteiger partial charge in [0.15, 0.2) is 5.15 Å². The summed E-state index contributed by atoms with van der Waals surface area (Å²) in [7, 11) is 1.59. The first kappa shape index (κ1) is 15.5. The first-order chi connectivity index (χ1) is 12.2. The lowest BCUT2D eigenvalue weighted by molar-refractivity contribution is 0.102. The van der Waals surface area contributed by atoms with E-state index in [2.05, 4.69) is 10.3 Å². The van der Waals surface area contributed by atoms with Gasteiger partial charge in [-0.1, -0.05) is 23.7 Å². The van der Waals surface area contributed by atoms with Crippen LogP contribution in [0.3, 0.4) is 0 Å². The molecule has 2 aromatic carbocycles. The molecule has 124 valence electrons. The molecule has 0 spiro atoms. The van der Waals surface area contributed by atoms with Crippen LogP contribution in [0.1, 0.15) is 10.4 Å². The van der Waals surface area contributed by atoms with Gasteiger partial charge in [0.05, 0.1) is 23.7 Å². The average Bonchev–Trinajstić information content (AvgIpc) is 3.02. The molecule has 2 aromatic heterocycles. The van der Waals surface area contributed by atoms with E-state index in [0.717, 1.165) is 5.39 Å². The fraction of sp³-hybridized carbons (Fsp3) is 0.0526. The van der Waals surface area contributed by atoms with Crippen LogP contribution < -0.4 is 10.1 Å². The maximum atomic E-state index is 12.8. The molecule has 5 nitrogen and oxygen atoms in total. The van der Waals surface area contributed by atoms with Crippen molar-refractivity contribution in [3.05, 3.63) is 65.4 Å². The van der Waals surface area contributed by atoms with Crippen molar-refractivity contribution in [1.82, 2.24) is 4.98 Å². The topological polar surface area (TPSA) is 64.4 Å². The van der Waals surface area contributed by atoms with Gasteiger partial charge in [-0.15, -0.1) is 0 Å². The molecule has 0 fully saturated rings. The van der Waals surface area contributed by atoms with Crippen LogP contribution in [0.2, 0.25) is 5.15 Å². The van der Waals surface area contributed by atoms with E-state index in [1.54, 1.807) is 37.6 Å². The van der Waals surface area contributed by atoms with Crippen molar-refractivity contribution >= 4 is 45.1 Å². The molecule has 0 radical (unpaired) electrons. The van der Waals surface area contributed by atoms with E-state index in [4.69, 9.17) is 20.8 Å².